The molecule has 0 saturated carbocycles. The minimum absolute atomic E-state index is 0.162. The molecule has 1 aliphatic heterocycles. The fourth-order valence-electron chi connectivity index (χ4n) is 4.24. The molecule has 0 amide bonds. The Hall–Kier alpha value is -3.49. The maximum atomic E-state index is 12.9. The van der Waals surface area contributed by atoms with Gasteiger partial charge in [-0.2, -0.15) is 5.10 Å². The molecule has 0 atom stereocenters. The van der Waals surface area contributed by atoms with Crippen molar-refractivity contribution in [2.24, 2.45) is 0 Å². The molecule has 1 fully saturated rings. The number of methoxy groups -OCH3 is 1. The molecular weight excluding hydrogens is 458 g/mol. The van der Waals surface area contributed by atoms with E-state index in [-0.39, 0.29) is 18.0 Å². The van der Waals surface area contributed by atoms with E-state index < -0.39 is 0 Å². The maximum Gasteiger partial charge on any atom is 0.190 e. The van der Waals surface area contributed by atoms with E-state index in [9.17, 15) is 9.59 Å². The van der Waals surface area contributed by atoms with Gasteiger partial charge in [0.15, 0.2) is 5.78 Å². The molecule has 4 rings (SSSR count). The fourth-order valence-corrected chi connectivity index (χ4v) is 4.24. The molecular formula is C28H33N3O5. The molecule has 0 bridgehead atoms. The van der Waals surface area contributed by atoms with Crippen molar-refractivity contribution in [1.29, 1.82) is 0 Å². The van der Waals surface area contributed by atoms with Crippen LogP contribution < -0.4 is 9.47 Å². The van der Waals surface area contributed by atoms with Crippen LogP contribution in [0.4, 0.5) is 0 Å². The molecule has 190 valence electrons. The van der Waals surface area contributed by atoms with Crippen LogP contribution in [0, 0.1) is 0 Å². The number of Topliss-reactive ketones (excluding diaryl/α,β-unsaturated/α-hetero) is 2. The van der Waals surface area contributed by atoms with Gasteiger partial charge in [0.05, 0.1) is 33.3 Å². The highest BCUT2D eigenvalue weighted by atomic mass is 16.5. The Morgan fingerprint density at radius 1 is 1.03 bits per heavy atom. The van der Waals surface area contributed by atoms with Crippen LogP contribution >= 0.6 is 0 Å². The SMILES string of the molecule is COc1ccc(Cn2cc(Cc3ccccc3OCCN3CCOCC3)c(C(=O)CC(C)=O)n2)cc1. The normalized spacial score (nSPS) is 13.9. The van der Waals surface area contributed by atoms with Crippen molar-refractivity contribution in [3.8, 4) is 11.5 Å². The van der Waals surface area contributed by atoms with Gasteiger partial charge < -0.3 is 14.2 Å². The van der Waals surface area contributed by atoms with Crippen molar-refractivity contribution in [2.45, 2.75) is 26.3 Å². The lowest BCUT2D eigenvalue weighted by molar-refractivity contribution is -0.116. The smallest absolute Gasteiger partial charge is 0.190 e. The Kier molecular flexibility index (Phi) is 8.86. The van der Waals surface area contributed by atoms with E-state index in [1.165, 1.54) is 6.92 Å². The van der Waals surface area contributed by atoms with E-state index in [0.717, 1.165) is 61.0 Å². The Morgan fingerprint density at radius 3 is 2.50 bits per heavy atom. The van der Waals surface area contributed by atoms with Crippen molar-refractivity contribution >= 4 is 11.6 Å². The van der Waals surface area contributed by atoms with Crippen LogP contribution in [0.1, 0.15) is 40.5 Å². The summed E-state index contributed by atoms with van der Waals surface area (Å²) in [5.74, 6) is 1.13. The van der Waals surface area contributed by atoms with Crippen LogP contribution in [-0.2, 0) is 22.5 Å². The second kappa shape index (κ2) is 12.5. The van der Waals surface area contributed by atoms with E-state index in [4.69, 9.17) is 14.2 Å². The first-order valence-corrected chi connectivity index (χ1v) is 12.2. The Balaban J connectivity index is 1.51. The number of ketones is 2. The first-order valence-electron chi connectivity index (χ1n) is 12.2. The summed E-state index contributed by atoms with van der Waals surface area (Å²) in [5, 5.41) is 4.57. The number of para-hydroxylation sites is 1. The van der Waals surface area contributed by atoms with Crippen LogP contribution in [0.15, 0.2) is 54.7 Å². The highest BCUT2D eigenvalue weighted by Gasteiger charge is 2.20. The van der Waals surface area contributed by atoms with Gasteiger partial charge in [0.1, 0.15) is 29.6 Å². The van der Waals surface area contributed by atoms with Crippen molar-refractivity contribution in [3.63, 3.8) is 0 Å². The lowest BCUT2D eigenvalue weighted by Gasteiger charge is -2.26. The van der Waals surface area contributed by atoms with Crippen LogP contribution in [0.25, 0.3) is 0 Å². The lowest BCUT2D eigenvalue weighted by Crippen LogP contribution is -2.38. The quantitative estimate of drug-likeness (QED) is 0.284. The summed E-state index contributed by atoms with van der Waals surface area (Å²) in [7, 11) is 1.63. The summed E-state index contributed by atoms with van der Waals surface area (Å²) < 4.78 is 18.5. The van der Waals surface area contributed by atoms with Gasteiger partial charge in [-0.1, -0.05) is 30.3 Å². The minimum atomic E-state index is -0.267. The van der Waals surface area contributed by atoms with Crippen LogP contribution in [-0.4, -0.2) is 72.8 Å². The molecule has 1 saturated heterocycles. The molecule has 36 heavy (non-hydrogen) atoms. The molecule has 1 aromatic heterocycles. The number of carbonyl (C=O) groups is 2. The standard InChI is InChI=1S/C28H33N3O5/c1-21(32)17-26(33)28-24(20-31(29-28)19-22-7-9-25(34-2)10-8-22)18-23-5-3-4-6-27(23)36-16-13-30-11-14-35-15-12-30/h3-10,20H,11-19H2,1-2H3. The second-order valence-corrected chi connectivity index (χ2v) is 8.94. The highest BCUT2D eigenvalue weighted by molar-refractivity contribution is 6.07. The summed E-state index contributed by atoms with van der Waals surface area (Å²) in [6.07, 6.45) is 2.21. The van der Waals surface area contributed by atoms with E-state index >= 15 is 0 Å². The summed E-state index contributed by atoms with van der Waals surface area (Å²) in [6.45, 7) is 6.68. The topological polar surface area (TPSA) is 82.9 Å². The van der Waals surface area contributed by atoms with Crippen LogP contribution in [0.2, 0.25) is 0 Å². The average Bonchev–Trinajstić information content (AvgIpc) is 3.28. The third kappa shape index (κ3) is 7.02. The third-order valence-electron chi connectivity index (χ3n) is 6.14. The number of benzene rings is 2. The Bertz CT molecular complexity index is 1170. The van der Waals surface area contributed by atoms with E-state index in [0.29, 0.717) is 25.3 Å². The first kappa shape index (κ1) is 25.6. The number of morpholine rings is 1. The van der Waals surface area contributed by atoms with Gasteiger partial charge in [0.25, 0.3) is 0 Å². The van der Waals surface area contributed by atoms with Gasteiger partial charge in [-0.25, -0.2) is 0 Å². The van der Waals surface area contributed by atoms with Gasteiger partial charge in [0, 0.05) is 37.8 Å². The molecule has 0 N–H and O–H groups in total. The first-order chi connectivity index (χ1) is 17.5. The van der Waals surface area contributed by atoms with Gasteiger partial charge in [-0.05, 0) is 36.2 Å². The molecule has 8 heteroatoms. The number of ether oxygens (including phenoxy) is 3. The summed E-state index contributed by atoms with van der Waals surface area (Å²) in [5.41, 5.74) is 3.11. The number of nitrogens with zero attached hydrogens (tertiary/aromatic N) is 3. The molecule has 0 spiro atoms. The molecule has 3 aromatic rings. The summed E-state index contributed by atoms with van der Waals surface area (Å²) in [4.78, 5) is 26.9. The average molecular weight is 492 g/mol. The fraction of sp³-hybridized carbons (Fsp3) is 0.393. The minimum Gasteiger partial charge on any atom is -0.497 e. The third-order valence-corrected chi connectivity index (χ3v) is 6.14. The predicted octanol–water partition coefficient (Wildman–Crippen LogP) is 3.40. The van der Waals surface area contributed by atoms with Crippen molar-refractivity contribution in [2.75, 3.05) is 46.6 Å². The van der Waals surface area contributed by atoms with E-state index in [1.807, 2.05) is 54.7 Å². The number of hydrogen-bond acceptors (Lipinski definition) is 7. The van der Waals surface area contributed by atoms with E-state index in [1.54, 1.807) is 11.8 Å². The Morgan fingerprint density at radius 2 is 1.78 bits per heavy atom. The number of hydrogen-bond donors (Lipinski definition) is 0. The van der Waals surface area contributed by atoms with Gasteiger partial charge in [-0.15, -0.1) is 0 Å². The predicted molar refractivity (Wildman–Crippen MR) is 136 cm³/mol. The zero-order chi connectivity index (χ0) is 25.3. The number of carbonyl (C=O) groups excluding carboxylic acids is 2. The molecule has 1 aliphatic rings. The van der Waals surface area contributed by atoms with Gasteiger partial charge in [0.2, 0.25) is 0 Å². The zero-order valence-corrected chi connectivity index (χ0v) is 20.9. The molecule has 0 aliphatic carbocycles. The van der Waals surface area contributed by atoms with Crippen LogP contribution in [0.3, 0.4) is 0 Å². The summed E-state index contributed by atoms with van der Waals surface area (Å²) >= 11 is 0. The highest BCUT2D eigenvalue weighted by Crippen LogP contribution is 2.24. The molecule has 2 aromatic carbocycles. The van der Waals surface area contributed by atoms with Gasteiger partial charge in [-0.3, -0.25) is 19.2 Å². The molecule has 0 unspecified atom stereocenters. The van der Waals surface area contributed by atoms with Crippen molar-refractivity contribution in [3.05, 3.63) is 77.1 Å². The molecule has 0 radical (unpaired) electrons. The molecule has 8 nitrogen and oxygen atoms in total. The summed E-state index contributed by atoms with van der Waals surface area (Å²) in [6, 6.07) is 15.6. The van der Waals surface area contributed by atoms with E-state index in [2.05, 4.69) is 10.00 Å². The zero-order valence-electron chi connectivity index (χ0n) is 20.9. The van der Waals surface area contributed by atoms with Crippen LogP contribution in [0.5, 0.6) is 11.5 Å². The Labute approximate surface area is 211 Å². The second-order valence-electron chi connectivity index (χ2n) is 8.94. The van der Waals surface area contributed by atoms with Gasteiger partial charge >= 0.3 is 0 Å². The molecule has 2 heterocycles. The van der Waals surface area contributed by atoms with Crippen molar-refractivity contribution < 1.29 is 23.8 Å². The number of aromatic nitrogens is 2. The number of rotatable bonds is 12. The lowest BCUT2D eigenvalue weighted by atomic mass is 10.0. The maximum absolute atomic E-state index is 12.9. The van der Waals surface area contributed by atoms with Crippen molar-refractivity contribution in [1.82, 2.24) is 14.7 Å². The monoisotopic (exact) mass is 491 g/mol. The largest absolute Gasteiger partial charge is 0.497 e.